The third kappa shape index (κ3) is 9.11. The molecule has 1 unspecified atom stereocenters. The number of anilines is 2. The van der Waals surface area contributed by atoms with Crippen LogP contribution in [0.4, 0.5) is 11.4 Å². The maximum atomic E-state index is 12.8. The first-order valence-corrected chi connectivity index (χ1v) is 20.1. The summed E-state index contributed by atoms with van der Waals surface area (Å²) < 4.78 is 40.6. The Morgan fingerprint density at radius 2 is 1.69 bits per heavy atom. The molecule has 55 heavy (non-hydrogen) atoms. The molecule has 0 aliphatic carbocycles. The highest BCUT2D eigenvalue weighted by atomic mass is 35.5. The topological polar surface area (TPSA) is 152 Å². The molecule has 4 heterocycles. The first-order valence-electron chi connectivity index (χ1n) is 17.9. The smallest absolute Gasteiger partial charge is 0.350 e. The van der Waals surface area contributed by atoms with Crippen LogP contribution in [-0.4, -0.2) is 69.5 Å². The van der Waals surface area contributed by atoms with Crippen LogP contribution in [0.1, 0.15) is 31.9 Å². The summed E-state index contributed by atoms with van der Waals surface area (Å²) >= 11 is 12.9. The summed E-state index contributed by atoms with van der Waals surface area (Å²) in [5.41, 5.74) is 2.50. The average Bonchev–Trinajstić information content (AvgIpc) is 3.92. The third-order valence-electron chi connectivity index (χ3n) is 9.90. The van der Waals surface area contributed by atoms with Crippen LogP contribution in [0.25, 0.3) is 5.69 Å². The Bertz CT molecular complexity index is 2180. The number of hydrogen-bond acceptors (Lipinski definition) is 10. The van der Waals surface area contributed by atoms with Crippen molar-refractivity contribution >= 4 is 42.4 Å². The van der Waals surface area contributed by atoms with Gasteiger partial charge >= 0.3 is 5.69 Å². The van der Waals surface area contributed by atoms with E-state index in [1.807, 2.05) is 50.2 Å². The van der Waals surface area contributed by atoms with Crippen molar-refractivity contribution in [3.05, 3.63) is 118 Å². The number of hydrogen-bond donors (Lipinski definition) is 1. The highest BCUT2D eigenvalue weighted by Gasteiger charge is 2.46. The van der Waals surface area contributed by atoms with Gasteiger partial charge in [0.2, 0.25) is 6.33 Å². The minimum atomic E-state index is -4.88. The molecular weight excluding hydrogens is 772 g/mol. The Labute approximate surface area is 328 Å². The standard InChI is InChI=1S/C37H42Cl2N7O8P/c1-3-27(2)46-36(47)45(24-40-46)31-7-5-29(6-8-31)43-16-18-44(19-17-43)30-9-11-32(12-10-30)51-21-35-52-23-37(54-35,33-13-4-28(38)20-34(33)39)22-41-14-15-42(25-41)26-53-55(48,49)50/h4-15,20,24-25,27,35H,3,16-19,21-23,26H2,1-2H3,(H-,48,49,50)/t27-,35+,37-/m0/s1. The number of nitrogens with zero attached hydrogens (tertiary/aromatic N) is 7. The van der Waals surface area contributed by atoms with Crippen molar-refractivity contribution in [1.29, 1.82) is 0 Å². The van der Waals surface area contributed by atoms with Crippen LogP contribution in [0.15, 0.2) is 96.6 Å². The van der Waals surface area contributed by atoms with Crippen LogP contribution < -0.4 is 29.7 Å². The Kier molecular flexibility index (Phi) is 11.7. The lowest BCUT2D eigenvalue weighted by molar-refractivity contribution is -0.726. The zero-order chi connectivity index (χ0) is 38.7. The molecule has 0 radical (unpaired) electrons. The Morgan fingerprint density at radius 1 is 1.04 bits per heavy atom. The van der Waals surface area contributed by atoms with Gasteiger partial charge in [0.15, 0.2) is 18.6 Å². The van der Waals surface area contributed by atoms with E-state index in [9.17, 15) is 14.3 Å². The van der Waals surface area contributed by atoms with Crippen LogP contribution in [0.3, 0.4) is 0 Å². The predicted molar refractivity (Wildman–Crippen MR) is 204 cm³/mol. The van der Waals surface area contributed by atoms with E-state index in [1.54, 1.807) is 52.4 Å². The van der Waals surface area contributed by atoms with Gasteiger partial charge in [-0.15, -0.1) is 0 Å². The molecule has 0 saturated carbocycles. The van der Waals surface area contributed by atoms with Crippen molar-refractivity contribution < 1.29 is 37.7 Å². The van der Waals surface area contributed by atoms with E-state index >= 15 is 0 Å². The second-order valence-electron chi connectivity index (χ2n) is 13.6. The fraction of sp³-hybridized carbons (Fsp3) is 0.378. The van der Waals surface area contributed by atoms with Gasteiger partial charge in [0.25, 0.3) is 7.82 Å². The lowest BCUT2D eigenvalue weighted by Crippen LogP contribution is -2.46. The molecule has 4 atom stereocenters. The molecule has 3 aromatic carbocycles. The van der Waals surface area contributed by atoms with E-state index in [4.69, 9.17) is 42.3 Å². The molecule has 2 aliphatic heterocycles. The number of rotatable bonds is 14. The first-order chi connectivity index (χ1) is 26.4. The van der Waals surface area contributed by atoms with E-state index < -0.39 is 26.4 Å². The summed E-state index contributed by atoms with van der Waals surface area (Å²) in [5, 5.41) is 5.17. The molecule has 18 heteroatoms. The minimum Gasteiger partial charge on any atom is -0.756 e. The Morgan fingerprint density at radius 3 is 2.33 bits per heavy atom. The van der Waals surface area contributed by atoms with Gasteiger partial charge in [-0.25, -0.2) is 23.2 Å². The Hall–Kier alpha value is -4.18. The van der Waals surface area contributed by atoms with Crippen molar-refractivity contribution in [3.8, 4) is 11.4 Å². The maximum Gasteiger partial charge on any atom is 0.350 e. The van der Waals surface area contributed by atoms with Gasteiger partial charge < -0.3 is 33.8 Å². The van der Waals surface area contributed by atoms with Gasteiger partial charge in [0.1, 0.15) is 37.6 Å². The molecule has 1 N–H and O–H groups in total. The van der Waals surface area contributed by atoms with E-state index in [-0.39, 0.29) is 31.5 Å². The molecular formula is C37H42Cl2N7O8P. The van der Waals surface area contributed by atoms with E-state index in [1.165, 1.54) is 9.25 Å². The van der Waals surface area contributed by atoms with Crippen molar-refractivity contribution in [2.45, 2.75) is 51.5 Å². The summed E-state index contributed by atoms with van der Waals surface area (Å²) in [4.78, 5) is 37.5. The van der Waals surface area contributed by atoms with Crippen LogP contribution in [0, 0.1) is 0 Å². The number of imidazole rings is 1. The number of aromatic nitrogens is 5. The fourth-order valence-electron chi connectivity index (χ4n) is 6.77. The molecule has 2 aromatic heterocycles. The molecule has 2 aliphatic rings. The molecule has 15 nitrogen and oxygen atoms in total. The average molecular weight is 815 g/mol. The molecule has 5 aromatic rings. The van der Waals surface area contributed by atoms with E-state index in [0.717, 1.165) is 49.7 Å². The van der Waals surface area contributed by atoms with Crippen molar-refractivity contribution in [1.82, 2.24) is 18.9 Å². The number of halogens is 2. The number of benzene rings is 3. The van der Waals surface area contributed by atoms with Gasteiger partial charge in [-0.1, -0.05) is 36.2 Å². The second kappa shape index (κ2) is 16.5. The van der Waals surface area contributed by atoms with Crippen LogP contribution in [-0.2, 0) is 37.4 Å². The van der Waals surface area contributed by atoms with Gasteiger partial charge in [0, 0.05) is 53.2 Å². The minimum absolute atomic E-state index is 0.0458. The predicted octanol–water partition coefficient (Wildman–Crippen LogP) is 4.51. The summed E-state index contributed by atoms with van der Waals surface area (Å²) in [7, 11) is -4.88. The normalized spacial score (nSPS) is 20.4. The second-order valence-corrected chi connectivity index (χ2v) is 15.6. The van der Waals surface area contributed by atoms with Crippen LogP contribution in [0.2, 0.25) is 10.0 Å². The number of phosphoric ester groups is 1. The van der Waals surface area contributed by atoms with Gasteiger partial charge in [-0.2, -0.15) is 5.10 Å². The third-order valence-corrected chi connectivity index (χ3v) is 10.9. The first kappa shape index (κ1) is 39.1. The molecule has 0 spiro atoms. The van der Waals surface area contributed by atoms with Gasteiger partial charge in [-0.05, 0) is 74.0 Å². The SMILES string of the molecule is CC[C@H](C)n1ncn(-c2ccc(N3CCN(c4ccc(OC[C@@H]5OC[C@@](Cn6cc[n+](COP(=O)([O-])O)c6)(c6ccc(Cl)cc6Cl)O5)cc4)CC3)cc2)c1=O. The number of piperazine rings is 1. The molecule has 0 amide bonds. The molecule has 2 fully saturated rings. The molecule has 7 rings (SSSR count). The van der Waals surface area contributed by atoms with Crippen molar-refractivity contribution in [2.24, 2.45) is 0 Å². The largest absolute Gasteiger partial charge is 0.756 e. The molecule has 0 bridgehead atoms. The van der Waals surface area contributed by atoms with E-state index in [2.05, 4.69) is 31.6 Å². The fourth-order valence-corrected chi connectivity index (χ4v) is 7.63. The van der Waals surface area contributed by atoms with Crippen molar-refractivity contribution in [3.63, 3.8) is 0 Å². The lowest BCUT2D eigenvalue weighted by atomic mass is 9.94. The highest BCUT2D eigenvalue weighted by molar-refractivity contribution is 7.44. The summed E-state index contributed by atoms with van der Waals surface area (Å²) in [5.74, 6) is 0.663. The Balaban J connectivity index is 0.933. The van der Waals surface area contributed by atoms with E-state index in [0.29, 0.717) is 21.4 Å². The van der Waals surface area contributed by atoms with Crippen molar-refractivity contribution in [2.75, 3.05) is 49.2 Å². The summed E-state index contributed by atoms with van der Waals surface area (Å²) in [6.07, 6.45) is 6.62. The highest BCUT2D eigenvalue weighted by Crippen LogP contribution is 2.40. The number of phosphoric acid groups is 1. The van der Waals surface area contributed by atoms with Crippen LogP contribution >= 0.6 is 31.0 Å². The molecule has 292 valence electrons. The number of ether oxygens (including phenoxy) is 3. The van der Waals surface area contributed by atoms with Gasteiger partial charge in [0.05, 0.1) is 18.3 Å². The lowest BCUT2D eigenvalue weighted by Gasteiger charge is -2.37. The maximum absolute atomic E-state index is 12.8. The molecule has 2 saturated heterocycles. The monoisotopic (exact) mass is 813 g/mol. The zero-order valence-corrected chi connectivity index (χ0v) is 32.7. The summed E-state index contributed by atoms with van der Waals surface area (Å²) in [6.45, 7) is 7.54. The zero-order valence-electron chi connectivity index (χ0n) is 30.3. The van der Waals surface area contributed by atoms with Gasteiger partial charge in [-0.3, -0.25) is 9.09 Å². The quantitative estimate of drug-likeness (QED) is 0.125. The van der Waals surface area contributed by atoms with Crippen LogP contribution in [0.5, 0.6) is 5.75 Å². The summed E-state index contributed by atoms with van der Waals surface area (Å²) in [6, 6.07) is 21.2.